The number of hydrogen-bond acceptors (Lipinski definition) is 5. The molecule has 1 amide bonds. The fraction of sp³-hybridized carbons (Fsp3) is 0.652. The zero-order chi connectivity index (χ0) is 21.7. The van der Waals surface area contributed by atoms with Gasteiger partial charge in [0.25, 0.3) is 6.01 Å². The van der Waals surface area contributed by atoms with Crippen LogP contribution in [0.1, 0.15) is 53.4 Å². The van der Waals surface area contributed by atoms with Gasteiger partial charge < -0.3 is 14.8 Å². The highest BCUT2D eigenvalue weighted by molar-refractivity contribution is 7.99. The van der Waals surface area contributed by atoms with Crippen LogP contribution in [0.5, 0.6) is 6.01 Å². The second kappa shape index (κ2) is 10.5. The highest BCUT2D eigenvalue weighted by atomic mass is 32.2. The normalized spacial score (nSPS) is 20.5. The van der Waals surface area contributed by atoms with E-state index in [2.05, 4.69) is 41.9 Å². The van der Waals surface area contributed by atoms with Crippen LogP contribution in [0.15, 0.2) is 23.1 Å². The standard InChI is InChI=1S/C23H35N3O3S/c1-15(2)14-30-20-10-11-21-22(12-20)26(5)23(25-21)29-19-8-6-18(7-9-19)28-13-16(3)24-17(4)27/h10-12,15-16,18-19H,6-9,13-14H2,1-5H3,(H,24,27)/t16-,18?,19?/m0/s1. The molecular weight excluding hydrogens is 398 g/mol. The molecule has 1 saturated carbocycles. The van der Waals surface area contributed by atoms with Crippen LogP contribution in [0.2, 0.25) is 0 Å². The van der Waals surface area contributed by atoms with Crippen molar-refractivity contribution in [1.29, 1.82) is 0 Å². The lowest BCUT2D eigenvalue weighted by atomic mass is 9.95. The van der Waals surface area contributed by atoms with Crippen LogP contribution < -0.4 is 10.1 Å². The Kier molecular flexibility index (Phi) is 8.06. The first-order valence-electron chi connectivity index (χ1n) is 11.0. The minimum Gasteiger partial charge on any atom is -0.461 e. The summed E-state index contributed by atoms with van der Waals surface area (Å²) in [6.45, 7) is 8.54. The minimum atomic E-state index is -0.0173. The number of aromatic nitrogens is 2. The Labute approximate surface area is 184 Å². The van der Waals surface area contributed by atoms with E-state index in [1.54, 1.807) is 0 Å². The van der Waals surface area contributed by atoms with E-state index in [-0.39, 0.29) is 24.2 Å². The molecule has 1 aromatic carbocycles. The number of ether oxygens (including phenoxy) is 2. The second-order valence-corrected chi connectivity index (χ2v) is 9.85. The Morgan fingerprint density at radius 2 is 1.93 bits per heavy atom. The van der Waals surface area contributed by atoms with Gasteiger partial charge in [-0.3, -0.25) is 9.36 Å². The van der Waals surface area contributed by atoms with E-state index in [1.807, 2.05) is 25.7 Å². The number of carbonyl (C=O) groups is 1. The van der Waals surface area contributed by atoms with Crippen molar-refractivity contribution in [2.24, 2.45) is 13.0 Å². The average Bonchev–Trinajstić information content (AvgIpc) is 3.00. The Balaban J connectivity index is 1.52. The lowest BCUT2D eigenvalue weighted by Gasteiger charge is -2.29. The topological polar surface area (TPSA) is 65.4 Å². The lowest BCUT2D eigenvalue weighted by molar-refractivity contribution is -0.120. The van der Waals surface area contributed by atoms with Gasteiger partial charge in [0.2, 0.25) is 5.91 Å². The van der Waals surface area contributed by atoms with E-state index in [9.17, 15) is 4.79 Å². The number of fused-ring (bicyclic) bond motifs is 1. The van der Waals surface area contributed by atoms with Crippen molar-refractivity contribution in [3.63, 3.8) is 0 Å². The fourth-order valence-electron chi connectivity index (χ4n) is 3.74. The molecule has 7 heteroatoms. The molecule has 1 aliphatic rings. The molecule has 1 atom stereocenters. The number of aryl methyl sites for hydroxylation is 1. The summed E-state index contributed by atoms with van der Waals surface area (Å²) in [5.41, 5.74) is 2.09. The summed E-state index contributed by atoms with van der Waals surface area (Å²) >= 11 is 1.89. The first-order valence-corrected chi connectivity index (χ1v) is 11.9. The predicted molar refractivity (Wildman–Crippen MR) is 122 cm³/mol. The number of thioether (sulfide) groups is 1. The van der Waals surface area contributed by atoms with E-state index in [4.69, 9.17) is 14.5 Å². The molecule has 0 aliphatic heterocycles. The number of benzene rings is 1. The smallest absolute Gasteiger partial charge is 0.297 e. The molecule has 0 saturated heterocycles. The molecule has 6 nitrogen and oxygen atoms in total. The third kappa shape index (κ3) is 6.38. The molecule has 3 rings (SSSR count). The molecule has 1 fully saturated rings. The summed E-state index contributed by atoms with van der Waals surface area (Å²) in [6.07, 6.45) is 4.26. The van der Waals surface area contributed by atoms with Crippen LogP contribution >= 0.6 is 11.8 Å². The molecule has 2 aromatic rings. The van der Waals surface area contributed by atoms with Crippen molar-refractivity contribution in [3.8, 4) is 6.01 Å². The molecule has 166 valence electrons. The highest BCUT2D eigenvalue weighted by Gasteiger charge is 2.25. The predicted octanol–water partition coefficient (Wildman–Crippen LogP) is 4.55. The van der Waals surface area contributed by atoms with Gasteiger partial charge in [-0.2, -0.15) is 4.98 Å². The molecule has 0 radical (unpaired) electrons. The number of amides is 1. The van der Waals surface area contributed by atoms with Crippen LogP contribution in [0.4, 0.5) is 0 Å². The van der Waals surface area contributed by atoms with Gasteiger partial charge in [-0.25, -0.2) is 0 Å². The quantitative estimate of drug-likeness (QED) is 0.588. The third-order valence-electron chi connectivity index (χ3n) is 5.32. The number of carbonyl (C=O) groups excluding carboxylic acids is 1. The summed E-state index contributed by atoms with van der Waals surface area (Å²) in [4.78, 5) is 17.1. The molecule has 0 bridgehead atoms. The summed E-state index contributed by atoms with van der Waals surface area (Å²) < 4.78 is 14.3. The Morgan fingerprint density at radius 3 is 2.60 bits per heavy atom. The van der Waals surface area contributed by atoms with Gasteiger partial charge in [0.1, 0.15) is 6.10 Å². The van der Waals surface area contributed by atoms with E-state index in [0.717, 1.165) is 42.5 Å². The van der Waals surface area contributed by atoms with Gasteiger partial charge in [0, 0.05) is 30.7 Å². The Bertz CT molecular complexity index is 844. The number of rotatable bonds is 9. The first-order chi connectivity index (χ1) is 14.3. The van der Waals surface area contributed by atoms with Gasteiger partial charge >= 0.3 is 0 Å². The molecular formula is C23H35N3O3S. The minimum absolute atomic E-state index is 0.0173. The second-order valence-electron chi connectivity index (χ2n) is 8.76. The third-order valence-corrected chi connectivity index (χ3v) is 6.74. The van der Waals surface area contributed by atoms with E-state index in [1.165, 1.54) is 11.8 Å². The largest absolute Gasteiger partial charge is 0.461 e. The zero-order valence-electron chi connectivity index (χ0n) is 18.8. The van der Waals surface area contributed by atoms with Crippen molar-refractivity contribution in [3.05, 3.63) is 18.2 Å². The van der Waals surface area contributed by atoms with Crippen molar-refractivity contribution in [1.82, 2.24) is 14.9 Å². The first kappa shape index (κ1) is 22.9. The SMILES string of the molecule is CC(=O)N[C@@H](C)COC1CCC(Oc2nc3ccc(SCC(C)C)cc3n2C)CC1. The van der Waals surface area contributed by atoms with Crippen LogP contribution in [0, 0.1) is 5.92 Å². The molecule has 1 N–H and O–H groups in total. The summed E-state index contributed by atoms with van der Waals surface area (Å²) in [6, 6.07) is 7.19. The van der Waals surface area contributed by atoms with Crippen molar-refractivity contribution in [2.45, 2.75) is 76.5 Å². The van der Waals surface area contributed by atoms with E-state index >= 15 is 0 Å². The lowest BCUT2D eigenvalue weighted by Crippen LogP contribution is -2.37. The fourth-order valence-corrected chi connectivity index (χ4v) is 4.63. The van der Waals surface area contributed by atoms with E-state index < -0.39 is 0 Å². The van der Waals surface area contributed by atoms with E-state index in [0.29, 0.717) is 18.5 Å². The maximum Gasteiger partial charge on any atom is 0.297 e. The average molecular weight is 434 g/mol. The Morgan fingerprint density at radius 1 is 1.23 bits per heavy atom. The van der Waals surface area contributed by atoms with Gasteiger partial charge in [0.15, 0.2) is 0 Å². The molecule has 1 heterocycles. The van der Waals surface area contributed by atoms with Crippen molar-refractivity contribution < 1.29 is 14.3 Å². The zero-order valence-corrected chi connectivity index (χ0v) is 19.6. The number of imidazole rings is 1. The van der Waals surface area contributed by atoms with Crippen LogP contribution in [0.3, 0.4) is 0 Å². The number of nitrogens with one attached hydrogen (secondary N) is 1. The van der Waals surface area contributed by atoms with Crippen LogP contribution in [0.25, 0.3) is 11.0 Å². The van der Waals surface area contributed by atoms with Crippen LogP contribution in [-0.2, 0) is 16.6 Å². The molecule has 0 unspecified atom stereocenters. The number of hydrogen-bond donors (Lipinski definition) is 1. The Hall–Kier alpha value is -1.73. The maximum absolute atomic E-state index is 11.1. The molecule has 0 spiro atoms. The van der Waals surface area contributed by atoms with Gasteiger partial charge in [0.05, 0.1) is 23.7 Å². The monoisotopic (exact) mass is 433 g/mol. The highest BCUT2D eigenvalue weighted by Crippen LogP contribution is 2.30. The maximum atomic E-state index is 11.1. The molecule has 1 aromatic heterocycles. The number of nitrogens with zero attached hydrogens (tertiary/aromatic N) is 2. The molecule has 1 aliphatic carbocycles. The van der Waals surface area contributed by atoms with Gasteiger partial charge in [-0.05, 0) is 56.7 Å². The van der Waals surface area contributed by atoms with Crippen molar-refractivity contribution in [2.75, 3.05) is 12.4 Å². The van der Waals surface area contributed by atoms with Gasteiger partial charge in [-0.15, -0.1) is 11.8 Å². The summed E-state index contributed by atoms with van der Waals surface area (Å²) in [5.74, 6) is 1.77. The molecule has 30 heavy (non-hydrogen) atoms. The van der Waals surface area contributed by atoms with Crippen LogP contribution in [-0.4, -0.2) is 46.1 Å². The van der Waals surface area contributed by atoms with Crippen molar-refractivity contribution >= 4 is 28.7 Å². The summed E-state index contributed by atoms with van der Waals surface area (Å²) in [7, 11) is 2.03. The van der Waals surface area contributed by atoms with Gasteiger partial charge in [-0.1, -0.05) is 13.8 Å². The summed E-state index contributed by atoms with van der Waals surface area (Å²) in [5, 5.41) is 2.86.